The Bertz CT molecular complexity index is 3550. The third kappa shape index (κ3) is 13.4. The van der Waals surface area contributed by atoms with Crippen LogP contribution >= 0.6 is 40.2 Å². The van der Waals surface area contributed by atoms with Gasteiger partial charge in [-0.15, -0.1) is 0 Å². The zero-order valence-electron chi connectivity index (χ0n) is 67.1. The first kappa shape index (κ1) is 79.4. The molecule has 8 fully saturated rings. The van der Waals surface area contributed by atoms with Gasteiger partial charge in [-0.3, -0.25) is 0 Å². The monoisotopic (exact) mass is 1530 g/mol. The maximum absolute atomic E-state index is 6.69. The van der Waals surface area contributed by atoms with Gasteiger partial charge in [0.05, 0.1) is 0 Å². The van der Waals surface area contributed by atoms with Crippen molar-refractivity contribution in [3.8, 4) is 0 Å². The van der Waals surface area contributed by atoms with Crippen molar-refractivity contribution >= 4 is 40.2 Å². The number of allylic oxidation sites excluding steroid dienone is 16. The van der Waals surface area contributed by atoms with Crippen LogP contribution in [0.1, 0.15) is 247 Å². The number of hydrogen-bond donors (Lipinski definition) is 0. The van der Waals surface area contributed by atoms with Gasteiger partial charge >= 0.3 is 37.9 Å². The molecule has 0 spiro atoms. The Labute approximate surface area is 656 Å². The summed E-state index contributed by atoms with van der Waals surface area (Å²) in [7, 11) is 9.87. The van der Waals surface area contributed by atoms with Gasteiger partial charge in [0, 0.05) is 20.9 Å². The fourth-order valence-corrected chi connectivity index (χ4v) is 24.7. The van der Waals surface area contributed by atoms with Gasteiger partial charge in [-0.05, 0) is 296 Å². The van der Waals surface area contributed by atoms with E-state index in [4.69, 9.17) is 40.2 Å². The van der Waals surface area contributed by atoms with Gasteiger partial charge in [0.2, 0.25) is 0 Å². The second-order valence-corrected chi connectivity index (χ2v) is 44.5. The molecular formula is C98H128Cl4Zr. The van der Waals surface area contributed by atoms with E-state index in [1.807, 2.05) is 0 Å². The summed E-state index contributed by atoms with van der Waals surface area (Å²) in [4.78, 5) is 0. The molecule has 0 bridgehead atoms. The Balaban J connectivity index is 0.000000184. The molecule has 0 radical (unpaired) electrons. The number of aryl methyl sites for hydroxylation is 2. The van der Waals surface area contributed by atoms with E-state index in [1.165, 1.54) is 125 Å². The molecule has 0 nitrogen and oxygen atoms in total. The number of halogens is 4. The first-order valence-electron chi connectivity index (χ1n) is 40.0. The predicted octanol–water partition coefficient (Wildman–Crippen LogP) is 29.6. The van der Waals surface area contributed by atoms with Gasteiger partial charge in [-0.1, -0.05) is 292 Å². The summed E-state index contributed by atoms with van der Waals surface area (Å²) < 4.78 is 0. The van der Waals surface area contributed by atoms with Crippen molar-refractivity contribution in [1.82, 2.24) is 0 Å². The molecule has 0 heterocycles. The Morgan fingerprint density at radius 2 is 0.447 bits per heavy atom. The molecule has 0 aliphatic heterocycles. The summed E-state index contributed by atoms with van der Waals surface area (Å²) >= 11 is 12.5. The number of benzene rings is 4. The number of rotatable bonds is 8. The Hall–Kier alpha value is -3.16. The topological polar surface area (TPSA) is 0 Å². The molecule has 552 valence electrons. The van der Waals surface area contributed by atoms with Crippen LogP contribution in [0.3, 0.4) is 0 Å². The van der Waals surface area contributed by atoms with Crippen LogP contribution in [0.2, 0.25) is 10.0 Å². The molecular weight excluding hydrogens is 1410 g/mol. The van der Waals surface area contributed by atoms with Crippen LogP contribution in [0.25, 0.3) is 0 Å². The van der Waals surface area contributed by atoms with E-state index in [0.717, 1.165) is 10.0 Å². The SMILES string of the molecule is CC1(C)CCC(C)(C)C2=CC3C(C=C21)C1C=C2C(=CC1C3C(c1ccc(Cl)cc1)(c1ccc(Cl)cc1)C1CCCC1)C(C)(C)CCC2(C)C.Cc1ccc(C(c2ccc(C)cc2)(C2CCCC2)C2C3C=C4C(=CC3C3C=C5C(=CC32)C(C)(C)CCC5(C)C)C(C)(C)CCC4(C)C)cc1.[CH3-].[CH3-].[Cl][Zr+2][Cl]. The Morgan fingerprint density at radius 3 is 0.631 bits per heavy atom. The predicted molar refractivity (Wildman–Crippen MR) is 442 cm³/mol. The molecule has 16 rings (SSSR count). The molecule has 103 heavy (non-hydrogen) atoms. The second kappa shape index (κ2) is 28.6. The van der Waals surface area contributed by atoms with Crippen molar-refractivity contribution in [2.75, 3.05) is 0 Å². The van der Waals surface area contributed by atoms with Crippen molar-refractivity contribution in [3.05, 3.63) is 249 Å². The van der Waals surface area contributed by atoms with Crippen LogP contribution in [-0.4, -0.2) is 0 Å². The average Bonchev–Trinajstić information content (AvgIpc) is 1.58. The maximum atomic E-state index is 6.69. The molecule has 0 saturated heterocycles. The van der Waals surface area contributed by atoms with Gasteiger partial charge in [0.1, 0.15) is 0 Å². The first-order valence-corrected chi connectivity index (χ1v) is 47.1. The normalized spacial score (nSPS) is 31.0. The van der Waals surface area contributed by atoms with E-state index >= 15 is 0 Å². The van der Waals surface area contributed by atoms with Crippen LogP contribution in [0, 0.1) is 143 Å². The van der Waals surface area contributed by atoms with Gasteiger partial charge < -0.3 is 14.9 Å². The van der Waals surface area contributed by atoms with Crippen LogP contribution in [0.15, 0.2) is 190 Å². The zero-order valence-corrected chi connectivity index (χ0v) is 72.6. The second-order valence-electron chi connectivity index (χ2n) is 39.9. The fraction of sp³-hybridized carbons (Fsp3) is 0.571. The zero-order chi connectivity index (χ0) is 72.2. The molecule has 5 heteroatoms. The van der Waals surface area contributed by atoms with E-state index in [9.17, 15) is 0 Å². The number of fused-ring (bicyclic) bond motifs is 10. The van der Waals surface area contributed by atoms with E-state index in [-0.39, 0.29) is 69.0 Å². The van der Waals surface area contributed by atoms with Crippen molar-refractivity contribution in [1.29, 1.82) is 0 Å². The van der Waals surface area contributed by atoms with Crippen LogP contribution in [0.5, 0.6) is 0 Å². The summed E-state index contributed by atoms with van der Waals surface area (Å²) in [5.74, 6) is 6.01. The molecule has 0 aromatic heterocycles. The fourth-order valence-electron chi connectivity index (χ4n) is 24.5. The molecule has 8 saturated carbocycles. The van der Waals surface area contributed by atoms with Crippen LogP contribution < -0.4 is 0 Å². The molecule has 8 unspecified atom stereocenters. The Morgan fingerprint density at radius 1 is 0.282 bits per heavy atom. The van der Waals surface area contributed by atoms with Crippen molar-refractivity contribution in [3.63, 3.8) is 0 Å². The molecule has 4 aromatic carbocycles. The quantitative estimate of drug-likeness (QED) is 0.154. The average molecular weight is 1540 g/mol. The summed E-state index contributed by atoms with van der Waals surface area (Å²) in [6.45, 7) is 45.0. The summed E-state index contributed by atoms with van der Waals surface area (Å²) in [6.07, 6.45) is 43.7. The molecule has 8 atom stereocenters. The number of hydrogen-bond acceptors (Lipinski definition) is 0. The van der Waals surface area contributed by atoms with Gasteiger partial charge in [-0.25, -0.2) is 0 Å². The van der Waals surface area contributed by atoms with E-state index in [0.29, 0.717) is 71.0 Å². The standard InChI is InChI=1S/C49H64.C47H58Cl2.2CH3.2ClH.Zr/c1-31-15-19-34(20-16-31)49(33-13-11-12-14-33,35-21-17-32(2)18-22-35)44-38-29-42-40(45(3,4)23-25-47(42,7)8)27-36(38)37-28-41-43(30-39(37)44)48(9,10)26-24-46(41,5)6;1-43(2)21-23-45(5,6)40-27-36-34(25-38(40)43)35-26-39-41(46(7,8)24-22-44(39,3)4)28-37(35)42(36)47(29-11-9-10-12-29,30-13-17-32(48)18-14-30)31-15-19-33(49)20-16-31;;;;;/h15-22,27-30,33,36-39,44H,11-14,23-26H2,1-10H3;13-20,25-29,34-37,42H,9-12,21-24H2,1-8H3;2*1H3;2*1H;/q;;2*-1;;;+4/p-2. The molecule has 0 amide bonds. The van der Waals surface area contributed by atoms with Crippen LogP contribution in [-0.2, 0) is 31.7 Å². The van der Waals surface area contributed by atoms with E-state index in [2.05, 4.69) is 270 Å². The van der Waals surface area contributed by atoms with Gasteiger partial charge in [0.15, 0.2) is 0 Å². The molecule has 12 aliphatic carbocycles. The first-order chi connectivity index (χ1) is 47.5. The minimum atomic E-state index is -0.826. The van der Waals surface area contributed by atoms with Crippen molar-refractivity contribution in [2.24, 2.45) is 114 Å². The molecule has 12 aliphatic rings. The van der Waals surface area contributed by atoms with Crippen LogP contribution in [0.4, 0.5) is 0 Å². The molecule has 4 aromatic rings. The van der Waals surface area contributed by atoms with Gasteiger partial charge in [0.25, 0.3) is 0 Å². The van der Waals surface area contributed by atoms with Gasteiger partial charge in [-0.2, -0.15) is 0 Å². The summed E-state index contributed by atoms with van der Waals surface area (Å²) in [5, 5.41) is 1.64. The van der Waals surface area contributed by atoms with E-state index in [1.54, 1.807) is 55.7 Å². The third-order valence-electron chi connectivity index (χ3n) is 30.4. The van der Waals surface area contributed by atoms with E-state index < -0.39 is 20.8 Å². The Kier molecular flexibility index (Phi) is 22.1. The molecule has 0 N–H and O–H groups in total. The third-order valence-corrected chi connectivity index (χ3v) is 30.9. The summed E-state index contributed by atoms with van der Waals surface area (Å²) in [6, 6.07) is 38.2. The van der Waals surface area contributed by atoms with Crippen molar-refractivity contribution < 1.29 is 20.8 Å². The minimum absolute atomic E-state index is 0. The van der Waals surface area contributed by atoms with Crippen molar-refractivity contribution in [2.45, 2.75) is 238 Å². The summed E-state index contributed by atoms with van der Waals surface area (Å²) in [5.41, 5.74) is 23.5.